The Morgan fingerprint density at radius 2 is 2.23 bits per heavy atom. The second-order valence-corrected chi connectivity index (χ2v) is 3.79. The predicted molar refractivity (Wildman–Crippen MR) is 44.9 cm³/mol. The van der Waals surface area contributed by atoms with Crippen LogP contribution in [-0.2, 0) is 14.2 Å². The number of ether oxygens (including phenoxy) is 3. The first-order chi connectivity index (χ1) is 6.08. The van der Waals surface area contributed by atoms with E-state index in [2.05, 4.69) is 0 Å². The molecule has 2 heterocycles. The first-order valence-electron chi connectivity index (χ1n) is 4.40. The number of rotatable bonds is 0. The lowest BCUT2D eigenvalue weighted by atomic mass is 10.0. The zero-order chi connectivity index (χ0) is 9.47. The summed E-state index contributed by atoms with van der Waals surface area (Å²) in [6.45, 7) is 4.11. The van der Waals surface area contributed by atoms with Gasteiger partial charge in [-0.15, -0.1) is 0 Å². The summed E-state index contributed by atoms with van der Waals surface area (Å²) in [6, 6.07) is 0. The minimum absolute atomic E-state index is 0.187. The van der Waals surface area contributed by atoms with Gasteiger partial charge in [0.15, 0.2) is 11.9 Å². The highest BCUT2D eigenvalue weighted by atomic mass is 16.7. The van der Waals surface area contributed by atoms with Gasteiger partial charge in [-0.2, -0.15) is 0 Å². The zero-order valence-electron chi connectivity index (χ0n) is 7.77. The minimum Gasteiger partial charge on any atom is -0.493 e. The van der Waals surface area contributed by atoms with Crippen molar-refractivity contribution in [2.24, 2.45) is 0 Å². The molecule has 0 aliphatic carbocycles. The first-order valence-corrected chi connectivity index (χ1v) is 4.40. The van der Waals surface area contributed by atoms with E-state index in [4.69, 9.17) is 14.2 Å². The number of hydrogen-bond donors (Lipinski definition) is 1. The van der Waals surface area contributed by atoms with Crippen molar-refractivity contribution < 1.29 is 19.3 Å². The van der Waals surface area contributed by atoms with Crippen LogP contribution in [0.25, 0.3) is 0 Å². The van der Waals surface area contributed by atoms with Gasteiger partial charge in [-0.1, -0.05) is 0 Å². The zero-order valence-corrected chi connectivity index (χ0v) is 7.77. The van der Waals surface area contributed by atoms with Crippen molar-refractivity contribution in [2.45, 2.75) is 37.9 Å². The molecule has 0 radical (unpaired) electrons. The van der Waals surface area contributed by atoms with Gasteiger partial charge in [0.25, 0.3) is 0 Å². The van der Waals surface area contributed by atoms with Gasteiger partial charge in [-0.3, -0.25) is 0 Å². The van der Waals surface area contributed by atoms with Crippen LogP contribution in [0.2, 0.25) is 0 Å². The molecule has 0 spiro atoms. The van der Waals surface area contributed by atoms with E-state index in [1.165, 1.54) is 6.26 Å². The molecule has 0 aromatic rings. The fourth-order valence-electron chi connectivity index (χ4n) is 1.56. The molecule has 2 aliphatic heterocycles. The molecule has 2 aliphatic rings. The molecule has 0 aromatic heterocycles. The Kier molecular flexibility index (Phi) is 2.06. The van der Waals surface area contributed by atoms with Crippen molar-refractivity contribution in [3.05, 3.63) is 12.3 Å². The maximum absolute atomic E-state index is 9.59. The van der Waals surface area contributed by atoms with Crippen LogP contribution in [0.15, 0.2) is 12.3 Å². The molecule has 0 amide bonds. The Morgan fingerprint density at radius 1 is 1.46 bits per heavy atom. The largest absolute Gasteiger partial charge is 0.493 e. The van der Waals surface area contributed by atoms with Crippen LogP contribution in [-0.4, -0.2) is 35.8 Å². The van der Waals surface area contributed by atoms with Gasteiger partial charge >= 0.3 is 0 Å². The Labute approximate surface area is 77.1 Å². The Hall–Kier alpha value is -0.580. The number of fused-ring (bicyclic) bond motifs is 1. The Balaban J connectivity index is 2.12. The number of aliphatic hydroxyl groups is 1. The molecule has 0 unspecified atom stereocenters. The van der Waals surface area contributed by atoms with E-state index >= 15 is 0 Å². The van der Waals surface area contributed by atoms with E-state index in [-0.39, 0.29) is 12.2 Å². The highest BCUT2D eigenvalue weighted by Crippen LogP contribution is 2.28. The molecule has 1 N–H and O–H groups in total. The summed E-state index contributed by atoms with van der Waals surface area (Å²) in [6.07, 6.45) is 1.99. The van der Waals surface area contributed by atoms with E-state index in [1.54, 1.807) is 6.08 Å². The number of hydrogen-bond acceptors (Lipinski definition) is 4. The summed E-state index contributed by atoms with van der Waals surface area (Å²) in [5, 5.41) is 9.59. The highest BCUT2D eigenvalue weighted by molar-refractivity contribution is 4.99. The fourth-order valence-corrected chi connectivity index (χ4v) is 1.56. The molecule has 13 heavy (non-hydrogen) atoms. The SMILES string of the molecule is CC1(C)OC[C@H]2OC=C[C@@H](O)[C@H]2O1. The molecule has 74 valence electrons. The molecule has 2 rings (SSSR count). The number of aliphatic hydroxyl groups excluding tert-OH is 1. The van der Waals surface area contributed by atoms with Crippen LogP contribution >= 0.6 is 0 Å². The second-order valence-electron chi connectivity index (χ2n) is 3.79. The Bertz CT molecular complexity index is 224. The molecule has 0 bridgehead atoms. The van der Waals surface area contributed by atoms with Crippen LogP contribution in [0.4, 0.5) is 0 Å². The smallest absolute Gasteiger partial charge is 0.163 e. The van der Waals surface area contributed by atoms with E-state index in [9.17, 15) is 5.11 Å². The van der Waals surface area contributed by atoms with Crippen molar-refractivity contribution >= 4 is 0 Å². The molecule has 1 fully saturated rings. The molecule has 4 nitrogen and oxygen atoms in total. The maximum Gasteiger partial charge on any atom is 0.163 e. The summed E-state index contributed by atoms with van der Waals surface area (Å²) in [5.74, 6) is -0.628. The van der Waals surface area contributed by atoms with Gasteiger partial charge in [0, 0.05) is 0 Å². The molecule has 0 saturated carbocycles. The summed E-state index contributed by atoms with van der Waals surface area (Å²) in [7, 11) is 0. The minimum atomic E-state index is -0.628. The molecule has 3 atom stereocenters. The van der Waals surface area contributed by atoms with Crippen LogP contribution < -0.4 is 0 Å². The molecule has 0 aromatic carbocycles. The molecular formula is C9H14O4. The van der Waals surface area contributed by atoms with Gasteiger partial charge < -0.3 is 19.3 Å². The van der Waals surface area contributed by atoms with E-state index < -0.39 is 11.9 Å². The standard InChI is InChI=1S/C9H14O4/c1-9(2)12-5-7-8(13-9)6(10)3-4-11-7/h3-4,6-8,10H,5H2,1-2H3/t6-,7-,8-/m1/s1. The molecular weight excluding hydrogens is 172 g/mol. The fraction of sp³-hybridized carbons (Fsp3) is 0.778. The van der Waals surface area contributed by atoms with Crippen LogP contribution in [0.3, 0.4) is 0 Å². The van der Waals surface area contributed by atoms with Crippen LogP contribution in [0, 0.1) is 0 Å². The third kappa shape index (κ3) is 1.70. The molecule has 1 saturated heterocycles. The average molecular weight is 186 g/mol. The summed E-state index contributed by atoms with van der Waals surface area (Å²) in [5.41, 5.74) is 0. The average Bonchev–Trinajstić information content (AvgIpc) is 2.06. The maximum atomic E-state index is 9.59. The van der Waals surface area contributed by atoms with Crippen molar-refractivity contribution in [1.82, 2.24) is 0 Å². The van der Waals surface area contributed by atoms with E-state index in [0.29, 0.717) is 6.61 Å². The first kappa shape index (κ1) is 8.99. The van der Waals surface area contributed by atoms with Gasteiger partial charge in [0.2, 0.25) is 0 Å². The third-order valence-electron chi connectivity index (χ3n) is 2.25. The van der Waals surface area contributed by atoms with Crippen LogP contribution in [0.1, 0.15) is 13.8 Å². The summed E-state index contributed by atoms with van der Waals surface area (Å²) < 4.78 is 16.2. The summed E-state index contributed by atoms with van der Waals surface area (Å²) >= 11 is 0. The van der Waals surface area contributed by atoms with Crippen LogP contribution in [0.5, 0.6) is 0 Å². The third-order valence-corrected chi connectivity index (χ3v) is 2.25. The van der Waals surface area contributed by atoms with Gasteiger partial charge in [-0.25, -0.2) is 0 Å². The van der Waals surface area contributed by atoms with Crippen molar-refractivity contribution in [3.8, 4) is 0 Å². The summed E-state index contributed by atoms with van der Waals surface area (Å²) in [4.78, 5) is 0. The van der Waals surface area contributed by atoms with Gasteiger partial charge in [0.05, 0.1) is 12.9 Å². The van der Waals surface area contributed by atoms with E-state index in [1.807, 2.05) is 13.8 Å². The quantitative estimate of drug-likeness (QED) is 0.595. The van der Waals surface area contributed by atoms with Gasteiger partial charge in [-0.05, 0) is 19.9 Å². The monoisotopic (exact) mass is 186 g/mol. The molecule has 4 heteroatoms. The lowest BCUT2D eigenvalue weighted by Crippen LogP contribution is -2.54. The van der Waals surface area contributed by atoms with E-state index in [0.717, 1.165) is 0 Å². The lowest BCUT2D eigenvalue weighted by Gasteiger charge is -2.43. The van der Waals surface area contributed by atoms with Crippen molar-refractivity contribution in [3.63, 3.8) is 0 Å². The van der Waals surface area contributed by atoms with Crippen molar-refractivity contribution in [1.29, 1.82) is 0 Å². The second kappa shape index (κ2) is 2.97. The lowest BCUT2D eigenvalue weighted by molar-refractivity contribution is -0.318. The predicted octanol–water partition coefficient (Wildman–Crippen LogP) is 0.411. The van der Waals surface area contributed by atoms with Gasteiger partial charge in [0.1, 0.15) is 12.2 Å². The highest BCUT2D eigenvalue weighted by Gasteiger charge is 2.42. The van der Waals surface area contributed by atoms with Crippen molar-refractivity contribution in [2.75, 3.05) is 6.61 Å². The normalized spacial score (nSPS) is 42.2. The topological polar surface area (TPSA) is 47.9 Å². The Morgan fingerprint density at radius 3 is 3.00 bits per heavy atom.